The van der Waals surface area contributed by atoms with Crippen molar-refractivity contribution < 1.29 is 28.6 Å². The van der Waals surface area contributed by atoms with Gasteiger partial charge in [0.1, 0.15) is 0 Å². The lowest BCUT2D eigenvalue weighted by Gasteiger charge is -2.41. The smallest absolute Gasteiger partial charge is 0.228 e. The van der Waals surface area contributed by atoms with E-state index < -0.39 is 0 Å². The van der Waals surface area contributed by atoms with E-state index in [1.54, 1.807) is 6.92 Å². The summed E-state index contributed by atoms with van der Waals surface area (Å²) in [5.41, 5.74) is 2.92. The monoisotopic (exact) mass is 453 g/mol. The summed E-state index contributed by atoms with van der Waals surface area (Å²) in [6.45, 7) is 5.84. The molecule has 4 rings (SSSR count). The molecule has 1 aliphatic heterocycles. The van der Waals surface area contributed by atoms with Gasteiger partial charge < -0.3 is 19.1 Å². The number of hydrogen-bond donors (Lipinski definition) is 0. The molecule has 1 heterocycles. The summed E-state index contributed by atoms with van der Waals surface area (Å²) in [7, 11) is 2.73. The number of ketones is 2. The molecular formula is C26H31NO6. The molecule has 1 aromatic carbocycles. The van der Waals surface area contributed by atoms with Gasteiger partial charge >= 0.3 is 0 Å². The highest BCUT2D eigenvalue weighted by atomic mass is 16.5. The second kappa shape index (κ2) is 9.51. The van der Waals surface area contributed by atoms with Gasteiger partial charge in [-0.05, 0) is 36.8 Å². The summed E-state index contributed by atoms with van der Waals surface area (Å²) in [4.78, 5) is 42.1. The molecule has 0 aromatic heterocycles. The molecular weight excluding hydrogens is 422 g/mol. The topological polar surface area (TPSA) is 82.1 Å². The van der Waals surface area contributed by atoms with Crippen molar-refractivity contribution in [2.75, 3.05) is 40.5 Å². The van der Waals surface area contributed by atoms with E-state index >= 15 is 0 Å². The van der Waals surface area contributed by atoms with Gasteiger partial charge in [0.2, 0.25) is 29.0 Å². The van der Waals surface area contributed by atoms with Crippen molar-refractivity contribution in [3.05, 3.63) is 58.1 Å². The Labute approximate surface area is 194 Å². The molecule has 2 aliphatic carbocycles. The summed E-state index contributed by atoms with van der Waals surface area (Å²) >= 11 is 0. The molecule has 3 aliphatic rings. The minimum atomic E-state index is -0.380. The minimum absolute atomic E-state index is 0.0677. The fraction of sp³-hybridized carbons (Fsp3) is 0.500. The van der Waals surface area contributed by atoms with Crippen molar-refractivity contribution in [1.29, 1.82) is 0 Å². The number of ether oxygens (including phenoxy) is 3. The first-order valence-corrected chi connectivity index (χ1v) is 11.5. The van der Waals surface area contributed by atoms with Gasteiger partial charge in [-0.2, -0.15) is 0 Å². The van der Waals surface area contributed by atoms with Crippen molar-refractivity contribution in [2.24, 2.45) is 11.8 Å². The Kier molecular flexibility index (Phi) is 6.70. The third-order valence-corrected chi connectivity index (χ3v) is 7.25. The fourth-order valence-corrected chi connectivity index (χ4v) is 5.48. The minimum Gasteiger partial charge on any atom is -0.489 e. The summed E-state index contributed by atoms with van der Waals surface area (Å²) in [5, 5.41) is 0. The Morgan fingerprint density at radius 3 is 2.36 bits per heavy atom. The first kappa shape index (κ1) is 23.2. The lowest BCUT2D eigenvalue weighted by molar-refractivity contribution is -0.141. The standard InChI is InChI=1S/C26H31NO6/c1-15(26(30)27-11-13-33-14-12-27)18-10-9-17-7-5-6-8-19(17)21(18)20-16(2)22(28)24(31-3)25(32-4)23(20)29/h5-8,15,18,21H,9-14H2,1-4H3/t15-,18-,21-/m1/s1. The molecule has 0 unspecified atom stereocenters. The van der Waals surface area contributed by atoms with Crippen molar-refractivity contribution in [1.82, 2.24) is 4.90 Å². The number of nitrogens with zero attached hydrogens (tertiary/aromatic N) is 1. The molecule has 1 saturated heterocycles. The first-order valence-electron chi connectivity index (χ1n) is 11.5. The first-order chi connectivity index (χ1) is 15.9. The quantitative estimate of drug-likeness (QED) is 0.638. The number of benzene rings is 1. The van der Waals surface area contributed by atoms with Crippen LogP contribution in [0.15, 0.2) is 46.9 Å². The van der Waals surface area contributed by atoms with Crippen LogP contribution in [0.4, 0.5) is 0 Å². The van der Waals surface area contributed by atoms with E-state index in [-0.39, 0.29) is 46.7 Å². The number of rotatable bonds is 5. The maximum Gasteiger partial charge on any atom is 0.228 e. The number of fused-ring (bicyclic) bond motifs is 1. The normalized spacial score (nSPS) is 24.5. The van der Waals surface area contributed by atoms with Crippen LogP contribution in [-0.2, 0) is 35.0 Å². The molecule has 0 saturated carbocycles. The average molecular weight is 454 g/mol. The molecule has 7 nitrogen and oxygen atoms in total. The maximum atomic E-state index is 13.6. The van der Waals surface area contributed by atoms with Crippen molar-refractivity contribution in [2.45, 2.75) is 32.6 Å². The van der Waals surface area contributed by atoms with Gasteiger partial charge in [0, 0.05) is 36.1 Å². The third kappa shape index (κ3) is 3.99. The van der Waals surface area contributed by atoms with Crippen LogP contribution in [0.1, 0.15) is 37.3 Å². The Morgan fingerprint density at radius 2 is 1.70 bits per heavy atom. The summed E-state index contributed by atoms with van der Waals surface area (Å²) < 4.78 is 16.0. The molecule has 33 heavy (non-hydrogen) atoms. The summed E-state index contributed by atoms with van der Waals surface area (Å²) in [5.74, 6) is -1.58. The van der Waals surface area contributed by atoms with Gasteiger partial charge in [-0.1, -0.05) is 31.2 Å². The molecule has 0 radical (unpaired) electrons. The Hall–Kier alpha value is -2.93. The summed E-state index contributed by atoms with van der Waals surface area (Å²) in [6.07, 6.45) is 1.57. The van der Waals surface area contributed by atoms with Crippen LogP contribution in [0.25, 0.3) is 0 Å². The van der Waals surface area contributed by atoms with Crippen LogP contribution in [-0.4, -0.2) is 62.9 Å². The molecule has 0 bridgehead atoms. The largest absolute Gasteiger partial charge is 0.489 e. The van der Waals surface area contributed by atoms with Crippen molar-refractivity contribution in [3.63, 3.8) is 0 Å². The molecule has 7 heteroatoms. The highest BCUT2D eigenvalue weighted by Crippen LogP contribution is 2.48. The predicted octanol–water partition coefficient (Wildman–Crippen LogP) is 2.80. The molecule has 3 atom stereocenters. The van der Waals surface area contributed by atoms with Crippen LogP contribution in [0, 0.1) is 11.8 Å². The van der Waals surface area contributed by atoms with Crippen LogP contribution in [0.2, 0.25) is 0 Å². The van der Waals surface area contributed by atoms with E-state index in [0.717, 1.165) is 24.0 Å². The number of aryl methyl sites for hydroxylation is 1. The van der Waals surface area contributed by atoms with Crippen LogP contribution >= 0.6 is 0 Å². The van der Waals surface area contributed by atoms with Crippen LogP contribution in [0.3, 0.4) is 0 Å². The Morgan fingerprint density at radius 1 is 1.06 bits per heavy atom. The Balaban J connectivity index is 1.80. The average Bonchev–Trinajstić information content (AvgIpc) is 2.85. The number of amides is 1. The second-order valence-electron chi connectivity index (χ2n) is 8.87. The number of carbonyl (C=O) groups excluding carboxylic acids is 3. The lowest BCUT2D eigenvalue weighted by Crippen LogP contribution is -2.46. The second-order valence-corrected chi connectivity index (χ2v) is 8.87. The maximum absolute atomic E-state index is 13.6. The van der Waals surface area contributed by atoms with Gasteiger partial charge in [-0.15, -0.1) is 0 Å². The zero-order valence-corrected chi connectivity index (χ0v) is 19.7. The van der Waals surface area contributed by atoms with E-state index in [9.17, 15) is 14.4 Å². The number of allylic oxidation sites excluding steroid dienone is 2. The van der Waals surface area contributed by atoms with Crippen molar-refractivity contribution in [3.8, 4) is 0 Å². The van der Waals surface area contributed by atoms with Gasteiger partial charge in [-0.3, -0.25) is 14.4 Å². The van der Waals surface area contributed by atoms with E-state index in [4.69, 9.17) is 14.2 Å². The molecule has 1 aromatic rings. The number of Topliss-reactive ketones (excluding diaryl/α,β-unsaturated/α-hetero) is 2. The van der Waals surface area contributed by atoms with Gasteiger partial charge in [0.05, 0.1) is 27.4 Å². The lowest BCUT2D eigenvalue weighted by atomic mass is 9.64. The van der Waals surface area contributed by atoms with E-state index in [1.165, 1.54) is 14.2 Å². The van der Waals surface area contributed by atoms with Gasteiger partial charge in [0.15, 0.2) is 0 Å². The highest BCUT2D eigenvalue weighted by molar-refractivity contribution is 6.24. The number of carbonyl (C=O) groups is 3. The van der Waals surface area contributed by atoms with Gasteiger partial charge in [-0.25, -0.2) is 0 Å². The summed E-state index contributed by atoms with van der Waals surface area (Å²) in [6, 6.07) is 8.00. The zero-order valence-electron chi connectivity index (χ0n) is 19.7. The zero-order chi connectivity index (χ0) is 23.7. The molecule has 1 fully saturated rings. The highest BCUT2D eigenvalue weighted by Gasteiger charge is 2.45. The number of morpholine rings is 1. The number of methoxy groups -OCH3 is 2. The van der Waals surface area contributed by atoms with E-state index in [1.807, 2.05) is 30.0 Å². The molecule has 0 N–H and O–H groups in total. The van der Waals surface area contributed by atoms with Crippen molar-refractivity contribution >= 4 is 17.5 Å². The van der Waals surface area contributed by atoms with Gasteiger partial charge in [0.25, 0.3) is 0 Å². The predicted molar refractivity (Wildman–Crippen MR) is 121 cm³/mol. The third-order valence-electron chi connectivity index (χ3n) is 7.25. The van der Waals surface area contributed by atoms with Crippen LogP contribution < -0.4 is 0 Å². The van der Waals surface area contributed by atoms with E-state index in [2.05, 4.69) is 6.07 Å². The Bertz CT molecular complexity index is 1030. The number of hydrogen-bond acceptors (Lipinski definition) is 6. The molecule has 0 spiro atoms. The molecule has 176 valence electrons. The fourth-order valence-electron chi connectivity index (χ4n) is 5.48. The molecule has 1 amide bonds. The van der Waals surface area contributed by atoms with E-state index in [0.29, 0.717) is 37.4 Å². The SMILES string of the molecule is COC1=C(OC)C(=O)C([C@H]2c3ccccc3CC[C@@H]2[C@@H](C)C(=O)N2CCOCC2)=C(C)C1=O. The van der Waals surface area contributed by atoms with Crippen LogP contribution in [0.5, 0.6) is 0 Å².